The molecule has 0 radical (unpaired) electrons. The van der Waals surface area contributed by atoms with E-state index in [0.29, 0.717) is 5.92 Å². The van der Waals surface area contributed by atoms with Crippen molar-refractivity contribution < 1.29 is 8.42 Å². The molecule has 0 spiro atoms. The summed E-state index contributed by atoms with van der Waals surface area (Å²) in [5.41, 5.74) is 2.44. The minimum atomic E-state index is -2.93. The fraction of sp³-hybridized carbons (Fsp3) is 0.625. The normalized spacial score (nSPS) is 24.8. The lowest BCUT2D eigenvalue weighted by atomic mass is 9.81. The quantitative estimate of drug-likeness (QED) is 0.876. The van der Waals surface area contributed by atoms with Gasteiger partial charge in [-0.2, -0.15) is 0 Å². The van der Waals surface area contributed by atoms with Gasteiger partial charge in [0.2, 0.25) is 0 Å². The first-order chi connectivity index (χ1) is 9.82. The van der Waals surface area contributed by atoms with E-state index in [1.807, 2.05) is 7.05 Å². The van der Waals surface area contributed by atoms with Gasteiger partial charge >= 0.3 is 0 Å². The van der Waals surface area contributed by atoms with Crippen LogP contribution >= 0.6 is 15.9 Å². The summed E-state index contributed by atoms with van der Waals surface area (Å²) in [4.78, 5) is 0. The maximum atomic E-state index is 11.9. The molecule has 1 fully saturated rings. The van der Waals surface area contributed by atoms with Gasteiger partial charge in [-0.05, 0) is 56.3 Å². The van der Waals surface area contributed by atoms with Crippen LogP contribution in [0.5, 0.6) is 0 Å². The Balaban J connectivity index is 2.22. The number of hydrogen-bond donors (Lipinski definition) is 1. The Labute approximate surface area is 136 Å². The standard InChI is InChI=1S/C16H24BrNO2S/c1-11-7-8-13(10-15(11)17)16(18-2)12-5-4-6-14(9-12)21(3,19)20/h7-8,10,12,14,16,18H,4-6,9H2,1-3H3. The average molecular weight is 374 g/mol. The second-order valence-electron chi connectivity index (χ2n) is 6.15. The number of sulfone groups is 1. The number of rotatable bonds is 4. The SMILES string of the molecule is CNC(c1ccc(C)c(Br)c1)C1CCCC(S(C)(=O)=O)C1. The molecule has 21 heavy (non-hydrogen) atoms. The minimum Gasteiger partial charge on any atom is -0.313 e. The molecule has 1 N–H and O–H groups in total. The highest BCUT2D eigenvalue weighted by Crippen LogP contribution is 2.37. The number of aryl methyl sites for hydroxylation is 1. The average Bonchev–Trinajstić information content (AvgIpc) is 2.43. The van der Waals surface area contributed by atoms with E-state index < -0.39 is 9.84 Å². The zero-order chi connectivity index (χ0) is 15.6. The van der Waals surface area contributed by atoms with Crippen LogP contribution < -0.4 is 5.32 Å². The number of benzene rings is 1. The number of hydrogen-bond acceptors (Lipinski definition) is 3. The van der Waals surface area contributed by atoms with Gasteiger partial charge in [-0.3, -0.25) is 0 Å². The van der Waals surface area contributed by atoms with Crippen LogP contribution in [0.3, 0.4) is 0 Å². The van der Waals surface area contributed by atoms with Crippen molar-refractivity contribution in [3.8, 4) is 0 Å². The molecule has 5 heteroatoms. The lowest BCUT2D eigenvalue weighted by Crippen LogP contribution is -2.34. The first-order valence-electron chi connectivity index (χ1n) is 7.45. The smallest absolute Gasteiger partial charge is 0.150 e. The van der Waals surface area contributed by atoms with Gasteiger partial charge in [0.15, 0.2) is 0 Å². The second-order valence-corrected chi connectivity index (χ2v) is 9.33. The third kappa shape index (κ3) is 4.08. The van der Waals surface area contributed by atoms with E-state index in [0.717, 1.165) is 30.2 Å². The van der Waals surface area contributed by atoms with Crippen molar-refractivity contribution in [1.29, 1.82) is 0 Å². The third-order valence-corrected chi connectivity index (χ3v) is 7.10. The molecule has 2 rings (SSSR count). The van der Waals surface area contributed by atoms with Crippen LogP contribution in [-0.4, -0.2) is 27.0 Å². The van der Waals surface area contributed by atoms with Crippen molar-refractivity contribution in [1.82, 2.24) is 5.32 Å². The first-order valence-corrected chi connectivity index (χ1v) is 10.2. The Bertz CT molecular complexity index is 600. The Morgan fingerprint density at radius 2 is 2.05 bits per heavy atom. The summed E-state index contributed by atoms with van der Waals surface area (Å²) in [7, 11) is -0.974. The Kier molecular flexibility index (Phi) is 5.49. The van der Waals surface area contributed by atoms with Crippen LogP contribution in [0.4, 0.5) is 0 Å². The molecule has 1 saturated carbocycles. The molecular weight excluding hydrogens is 350 g/mol. The van der Waals surface area contributed by atoms with E-state index in [9.17, 15) is 8.42 Å². The highest BCUT2D eigenvalue weighted by atomic mass is 79.9. The van der Waals surface area contributed by atoms with Gasteiger partial charge in [0.1, 0.15) is 9.84 Å². The Hall–Kier alpha value is -0.390. The molecule has 3 nitrogen and oxygen atoms in total. The highest BCUT2D eigenvalue weighted by molar-refractivity contribution is 9.10. The monoisotopic (exact) mass is 373 g/mol. The van der Waals surface area contributed by atoms with Crippen molar-refractivity contribution in [2.45, 2.75) is 43.9 Å². The largest absolute Gasteiger partial charge is 0.313 e. The summed E-state index contributed by atoms with van der Waals surface area (Å²) >= 11 is 3.59. The summed E-state index contributed by atoms with van der Waals surface area (Å²) in [6.07, 6.45) is 5.02. The summed E-state index contributed by atoms with van der Waals surface area (Å²) in [5, 5.41) is 3.21. The lowest BCUT2D eigenvalue weighted by Gasteiger charge is -2.34. The van der Waals surface area contributed by atoms with E-state index >= 15 is 0 Å². The van der Waals surface area contributed by atoms with Crippen molar-refractivity contribution in [2.75, 3.05) is 13.3 Å². The maximum absolute atomic E-state index is 11.9. The van der Waals surface area contributed by atoms with Gasteiger partial charge in [-0.25, -0.2) is 8.42 Å². The van der Waals surface area contributed by atoms with Crippen LogP contribution in [-0.2, 0) is 9.84 Å². The molecule has 3 unspecified atom stereocenters. The van der Waals surface area contributed by atoms with Gasteiger partial charge in [0, 0.05) is 16.8 Å². The third-order valence-electron chi connectivity index (χ3n) is 4.61. The van der Waals surface area contributed by atoms with E-state index in [-0.39, 0.29) is 11.3 Å². The highest BCUT2D eigenvalue weighted by Gasteiger charge is 2.33. The second kappa shape index (κ2) is 6.80. The first kappa shape index (κ1) is 17.0. The molecule has 0 saturated heterocycles. The lowest BCUT2D eigenvalue weighted by molar-refractivity contribution is 0.282. The van der Waals surface area contributed by atoms with Gasteiger partial charge in [0.05, 0.1) is 5.25 Å². The topological polar surface area (TPSA) is 46.2 Å². The summed E-state index contributed by atoms with van der Waals surface area (Å²) in [5.74, 6) is 0.373. The van der Waals surface area contributed by atoms with Gasteiger partial charge in [0.25, 0.3) is 0 Å². The predicted octanol–water partition coefficient (Wildman–Crippen LogP) is 3.62. The van der Waals surface area contributed by atoms with E-state index in [1.165, 1.54) is 17.4 Å². The van der Waals surface area contributed by atoms with Crippen molar-refractivity contribution in [2.24, 2.45) is 5.92 Å². The zero-order valence-electron chi connectivity index (χ0n) is 12.9. The molecule has 0 heterocycles. The van der Waals surface area contributed by atoms with E-state index in [4.69, 9.17) is 0 Å². The summed E-state index contributed by atoms with van der Waals surface area (Å²) in [6.45, 7) is 2.07. The predicted molar refractivity (Wildman–Crippen MR) is 91.3 cm³/mol. The molecule has 3 atom stereocenters. The van der Waals surface area contributed by atoms with Gasteiger partial charge in [-0.1, -0.05) is 34.5 Å². The zero-order valence-corrected chi connectivity index (χ0v) is 15.3. The van der Waals surface area contributed by atoms with Crippen LogP contribution in [0.25, 0.3) is 0 Å². The van der Waals surface area contributed by atoms with Gasteiger partial charge in [-0.15, -0.1) is 0 Å². The number of halogens is 1. The van der Waals surface area contributed by atoms with Crippen LogP contribution in [0, 0.1) is 12.8 Å². The van der Waals surface area contributed by atoms with Crippen LogP contribution in [0.1, 0.15) is 42.9 Å². The van der Waals surface area contributed by atoms with Crippen molar-refractivity contribution in [3.05, 3.63) is 33.8 Å². The molecule has 0 aliphatic heterocycles. The van der Waals surface area contributed by atoms with Crippen molar-refractivity contribution in [3.63, 3.8) is 0 Å². The summed E-state index contributed by atoms with van der Waals surface area (Å²) in [6, 6.07) is 6.62. The Morgan fingerprint density at radius 1 is 1.33 bits per heavy atom. The van der Waals surface area contributed by atoms with Crippen LogP contribution in [0.2, 0.25) is 0 Å². The molecule has 1 aliphatic rings. The number of nitrogens with one attached hydrogen (secondary N) is 1. The van der Waals surface area contributed by atoms with Crippen molar-refractivity contribution >= 4 is 25.8 Å². The molecule has 0 bridgehead atoms. The molecular formula is C16H24BrNO2S. The molecule has 0 aromatic heterocycles. The van der Waals surface area contributed by atoms with E-state index in [1.54, 1.807) is 0 Å². The molecule has 1 aromatic carbocycles. The summed E-state index contributed by atoms with van der Waals surface area (Å²) < 4.78 is 24.8. The molecule has 0 amide bonds. The molecule has 1 aliphatic carbocycles. The van der Waals surface area contributed by atoms with E-state index in [2.05, 4.69) is 46.4 Å². The van der Waals surface area contributed by atoms with Crippen LogP contribution in [0.15, 0.2) is 22.7 Å². The fourth-order valence-electron chi connectivity index (χ4n) is 3.35. The minimum absolute atomic E-state index is 0.180. The molecule has 118 valence electrons. The fourth-order valence-corrected chi connectivity index (χ4v) is 4.94. The van der Waals surface area contributed by atoms with Gasteiger partial charge < -0.3 is 5.32 Å². The molecule has 1 aromatic rings. The Morgan fingerprint density at radius 3 is 2.62 bits per heavy atom. The maximum Gasteiger partial charge on any atom is 0.150 e.